The van der Waals surface area contributed by atoms with E-state index in [0.717, 1.165) is 25.1 Å². The van der Waals surface area contributed by atoms with E-state index in [1.807, 2.05) is 0 Å². The first-order valence-electron chi connectivity index (χ1n) is 4.49. The first-order valence-corrected chi connectivity index (χ1v) is 4.49. The molecule has 0 aliphatic carbocycles. The summed E-state index contributed by atoms with van der Waals surface area (Å²) in [7, 11) is 0. The molecule has 3 heteroatoms. The van der Waals surface area contributed by atoms with Crippen molar-refractivity contribution in [2.75, 3.05) is 6.54 Å². The average molecular weight is 178 g/mol. The minimum Gasteiger partial charge on any atom is -0.508 e. The number of phenolic OH excluding ortho intramolecular Hbond substituents is 1. The van der Waals surface area contributed by atoms with Crippen LogP contribution < -0.4 is 0 Å². The molecule has 0 saturated carbocycles. The number of hydrogen-bond donors (Lipinski definition) is 1. The Hall–Kier alpha value is -1.38. The molecular weight excluding hydrogens is 164 g/mol. The van der Waals surface area contributed by atoms with Gasteiger partial charge >= 0.3 is 0 Å². The van der Waals surface area contributed by atoms with Crippen LogP contribution in [0.2, 0.25) is 0 Å². The summed E-state index contributed by atoms with van der Waals surface area (Å²) in [4.78, 5) is 0. The third kappa shape index (κ3) is 3.69. The molecule has 0 heterocycles. The maximum absolute atomic E-state index is 8.99. The van der Waals surface area contributed by atoms with Crippen molar-refractivity contribution in [1.29, 1.82) is 0 Å². The molecule has 3 nitrogen and oxygen atoms in total. The van der Waals surface area contributed by atoms with Gasteiger partial charge in [0.1, 0.15) is 5.75 Å². The number of unbranched alkanes of at least 4 members (excludes halogenated alkanes) is 1. The highest BCUT2D eigenvalue weighted by atomic mass is 16.3. The van der Waals surface area contributed by atoms with Crippen molar-refractivity contribution in [3.63, 3.8) is 0 Å². The Kier molecular flexibility index (Phi) is 3.96. The third-order valence-electron chi connectivity index (χ3n) is 1.65. The van der Waals surface area contributed by atoms with Crippen LogP contribution in [0.4, 0.5) is 5.69 Å². The summed E-state index contributed by atoms with van der Waals surface area (Å²) in [6.07, 6.45) is 2.20. The Morgan fingerprint density at radius 3 is 2.54 bits per heavy atom. The first kappa shape index (κ1) is 9.71. The van der Waals surface area contributed by atoms with Gasteiger partial charge in [0.25, 0.3) is 0 Å². The molecule has 1 N–H and O–H groups in total. The molecule has 70 valence electrons. The van der Waals surface area contributed by atoms with E-state index >= 15 is 0 Å². The van der Waals surface area contributed by atoms with Crippen LogP contribution in [0.25, 0.3) is 0 Å². The molecule has 0 aliphatic heterocycles. The predicted octanol–water partition coefficient (Wildman–Crippen LogP) is 3.28. The molecule has 0 fully saturated rings. The van der Waals surface area contributed by atoms with Gasteiger partial charge in [-0.15, -0.1) is 0 Å². The molecular formula is C10H14N2O. The monoisotopic (exact) mass is 178 g/mol. The molecule has 0 aliphatic rings. The summed E-state index contributed by atoms with van der Waals surface area (Å²) >= 11 is 0. The zero-order chi connectivity index (χ0) is 9.52. The molecule has 1 aromatic rings. The van der Waals surface area contributed by atoms with Crippen molar-refractivity contribution in [2.24, 2.45) is 10.2 Å². The molecule has 0 aromatic heterocycles. The van der Waals surface area contributed by atoms with Gasteiger partial charge in [0.2, 0.25) is 0 Å². The molecule has 0 unspecified atom stereocenters. The topological polar surface area (TPSA) is 45.0 Å². The van der Waals surface area contributed by atoms with E-state index in [1.165, 1.54) is 0 Å². The maximum atomic E-state index is 8.99. The molecule has 0 spiro atoms. The number of hydrogen-bond acceptors (Lipinski definition) is 3. The van der Waals surface area contributed by atoms with Gasteiger partial charge in [-0.25, -0.2) is 0 Å². The van der Waals surface area contributed by atoms with Crippen LogP contribution in [0, 0.1) is 0 Å². The van der Waals surface area contributed by atoms with Crippen LogP contribution in [0.15, 0.2) is 34.5 Å². The summed E-state index contributed by atoms with van der Waals surface area (Å²) < 4.78 is 0. The summed E-state index contributed by atoms with van der Waals surface area (Å²) in [6.45, 7) is 2.90. The van der Waals surface area contributed by atoms with Gasteiger partial charge in [0.15, 0.2) is 0 Å². The molecule has 13 heavy (non-hydrogen) atoms. The quantitative estimate of drug-likeness (QED) is 0.558. The lowest BCUT2D eigenvalue weighted by atomic mass is 10.3. The summed E-state index contributed by atoms with van der Waals surface area (Å²) in [5.74, 6) is 0.257. The van der Waals surface area contributed by atoms with E-state index in [0.29, 0.717) is 0 Å². The van der Waals surface area contributed by atoms with Crippen LogP contribution in [0.5, 0.6) is 5.75 Å². The van der Waals surface area contributed by atoms with Crippen molar-refractivity contribution < 1.29 is 5.11 Å². The number of phenols is 1. The normalized spacial score (nSPS) is 10.8. The molecule has 0 amide bonds. The molecule has 0 atom stereocenters. The second-order valence-corrected chi connectivity index (χ2v) is 2.83. The number of azo groups is 1. The van der Waals surface area contributed by atoms with Crippen molar-refractivity contribution in [3.05, 3.63) is 24.3 Å². The van der Waals surface area contributed by atoms with Gasteiger partial charge in [-0.05, 0) is 30.7 Å². The largest absolute Gasteiger partial charge is 0.508 e. The SMILES string of the molecule is CCCCN=Nc1ccc(O)cc1. The highest BCUT2D eigenvalue weighted by Crippen LogP contribution is 2.16. The highest BCUT2D eigenvalue weighted by Gasteiger charge is 1.88. The fraction of sp³-hybridized carbons (Fsp3) is 0.400. The summed E-state index contributed by atoms with van der Waals surface area (Å²) in [6, 6.07) is 6.69. The van der Waals surface area contributed by atoms with Crippen molar-refractivity contribution in [2.45, 2.75) is 19.8 Å². The fourth-order valence-corrected chi connectivity index (χ4v) is 0.880. The molecule has 0 saturated heterocycles. The smallest absolute Gasteiger partial charge is 0.115 e. The Bertz CT molecular complexity index is 267. The highest BCUT2D eigenvalue weighted by molar-refractivity contribution is 5.39. The lowest BCUT2D eigenvalue weighted by molar-refractivity contribution is 0.475. The second kappa shape index (κ2) is 5.30. The number of benzene rings is 1. The minimum atomic E-state index is 0.257. The maximum Gasteiger partial charge on any atom is 0.115 e. The van der Waals surface area contributed by atoms with Crippen LogP contribution in [0.1, 0.15) is 19.8 Å². The van der Waals surface area contributed by atoms with E-state index in [-0.39, 0.29) is 5.75 Å². The van der Waals surface area contributed by atoms with E-state index in [2.05, 4.69) is 17.2 Å². The predicted molar refractivity (Wildman–Crippen MR) is 52.4 cm³/mol. The molecule has 1 aromatic carbocycles. The summed E-state index contributed by atoms with van der Waals surface area (Å²) in [5.41, 5.74) is 0.786. The number of rotatable bonds is 4. The molecule has 0 bridgehead atoms. The molecule has 1 rings (SSSR count). The second-order valence-electron chi connectivity index (χ2n) is 2.83. The van der Waals surface area contributed by atoms with Gasteiger partial charge in [0, 0.05) is 0 Å². The van der Waals surface area contributed by atoms with E-state index in [4.69, 9.17) is 5.11 Å². The van der Waals surface area contributed by atoms with E-state index in [1.54, 1.807) is 24.3 Å². The van der Waals surface area contributed by atoms with Gasteiger partial charge < -0.3 is 5.11 Å². The number of aromatic hydroxyl groups is 1. The molecule has 0 radical (unpaired) electrons. The number of nitrogens with zero attached hydrogens (tertiary/aromatic N) is 2. The van der Waals surface area contributed by atoms with Crippen LogP contribution >= 0.6 is 0 Å². The Labute approximate surface area is 78.1 Å². The van der Waals surface area contributed by atoms with Gasteiger partial charge in [-0.2, -0.15) is 10.2 Å². The van der Waals surface area contributed by atoms with Crippen molar-refractivity contribution in [3.8, 4) is 5.75 Å². The first-order chi connectivity index (χ1) is 6.33. The van der Waals surface area contributed by atoms with Crippen LogP contribution in [0.3, 0.4) is 0 Å². The van der Waals surface area contributed by atoms with Crippen molar-refractivity contribution in [1.82, 2.24) is 0 Å². The lowest BCUT2D eigenvalue weighted by Crippen LogP contribution is -1.75. The van der Waals surface area contributed by atoms with E-state index < -0.39 is 0 Å². The van der Waals surface area contributed by atoms with Crippen LogP contribution in [-0.2, 0) is 0 Å². The van der Waals surface area contributed by atoms with Gasteiger partial charge in [-0.3, -0.25) is 0 Å². The van der Waals surface area contributed by atoms with Gasteiger partial charge in [-0.1, -0.05) is 13.3 Å². The Balaban J connectivity index is 2.44. The van der Waals surface area contributed by atoms with Crippen molar-refractivity contribution >= 4 is 5.69 Å². The average Bonchev–Trinajstić information content (AvgIpc) is 2.15. The van der Waals surface area contributed by atoms with Gasteiger partial charge in [0.05, 0.1) is 12.2 Å². The fourth-order valence-electron chi connectivity index (χ4n) is 0.880. The van der Waals surface area contributed by atoms with E-state index in [9.17, 15) is 0 Å². The zero-order valence-electron chi connectivity index (χ0n) is 7.77. The Morgan fingerprint density at radius 2 is 1.92 bits per heavy atom. The lowest BCUT2D eigenvalue weighted by Gasteiger charge is -1.92. The third-order valence-corrected chi connectivity index (χ3v) is 1.65. The Morgan fingerprint density at radius 1 is 1.23 bits per heavy atom. The standard InChI is InChI=1S/C10H14N2O/c1-2-3-8-11-12-9-4-6-10(13)7-5-9/h4-7,13H,2-3,8H2,1H3. The minimum absolute atomic E-state index is 0.257. The van der Waals surface area contributed by atoms with Crippen LogP contribution in [-0.4, -0.2) is 11.7 Å². The summed E-state index contributed by atoms with van der Waals surface area (Å²) in [5, 5.41) is 17.0. The zero-order valence-corrected chi connectivity index (χ0v) is 7.77.